The van der Waals surface area contributed by atoms with E-state index in [4.69, 9.17) is 9.47 Å². The van der Waals surface area contributed by atoms with Gasteiger partial charge in [0.05, 0.1) is 12.2 Å². The minimum Gasteiger partial charge on any atom is -0.465 e. The lowest BCUT2D eigenvalue weighted by Gasteiger charge is -2.27. The Morgan fingerprint density at radius 2 is 1.17 bits per heavy atom. The van der Waals surface area contributed by atoms with E-state index in [0.29, 0.717) is 6.42 Å². The van der Waals surface area contributed by atoms with Gasteiger partial charge in [0.25, 0.3) is 0 Å². The molecule has 1 aromatic carbocycles. The third-order valence-electron chi connectivity index (χ3n) is 5.12. The Morgan fingerprint density at radius 1 is 0.700 bits per heavy atom. The topological polar surface area (TPSA) is 52.6 Å². The molecule has 0 unspecified atom stereocenters. The van der Waals surface area contributed by atoms with Gasteiger partial charge in [0.2, 0.25) is 5.82 Å². The SMILES string of the molecule is CCCCCCCOC(=O)C(CC)(CC)C(=O)OCc1c(F)c(F)c(F)c(F)c1F. The molecule has 0 saturated carbocycles. The summed E-state index contributed by atoms with van der Waals surface area (Å²) in [7, 11) is 0. The van der Waals surface area contributed by atoms with Crippen LogP contribution in [0, 0.1) is 34.5 Å². The van der Waals surface area contributed by atoms with Crippen LogP contribution in [0.1, 0.15) is 71.3 Å². The number of rotatable bonds is 12. The molecule has 0 bridgehead atoms. The summed E-state index contributed by atoms with van der Waals surface area (Å²) in [6, 6.07) is 0. The summed E-state index contributed by atoms with van der Waals surface area (Å²) in [6.45, 7) is 4.03. The number of halogens is 5. The van der Waals surface area contributed by atoms with Gasteiger partial charge in [-0.3, -0.25) is 9.59 Å². The lowest BCUT2D eigenvalue weighted by molar-refractivity contribution is -0.174. The maximum Gasteiger partial charge on any atom is 0.323 e. The lowest BCUT2D eigenvalue weighted by atomic mass is 9.82. The summed E-state index contributed by atoms with van der Waals surface area (Å²) in [5, 5.41) is 0. The Kier molecular flexibility index (Phi) is 10.2. The highest BCUT2D eigenvalue weighted by Crippen LogP contribution is 2.31. The smallest absolute Gasteiger partial charge is 0.323 e. The van der Waals surface area contributed by atoms with Crippen molar-refractivity contribution in [2.75, 3.05) is 6.61 Å². The number of ether oxygens (including phenoxy) is 2. The lowest BCUT2D eigenvalue weighted by Crippen LogP contribution is -2.41. The van der Waals surface area contributed by atoms with Crippen molar-refractivity contribution in [2.45, 2.75) is 72.3 Å². The van der Waals surface area contributed by atoms with E-state index in [-0.39, 0.29) is 19.4 Å². The molecular weight excluding hydrogens is 411 g/mol. The van der Waals surface area contributed by atoms with E-state index in [1.165, 1.54) is 13.8 Å². The molecule has 0 amide bonds. The number of hydrogen-bond acceptors (Lipinski definition) is 4. The molecule has 0 saturated heterocycles. The van der Waals surface area contributed by atoms with E-state index >= 15 is 0 Å². The maximum atomic E-state index is 13.8. The number of carbonyl (C=O) groups excluding carboxylic acids is 2. The van der Waals surface area contributed by atoms with Gasteiger partial charge in [-0.05, 0) is 19.3 Å². The first kappa shape index (κ1) is 25.8. The summed E-state index contributed by atoms with van der Waals surface area (Å²) < 4.78 is 77.2. The maximum absolute atomic E-state index is 13.8. The van der Waals surface area contributed by atoms with Crippen LogP contribution in [0.5, 0.6) is 0 Å². The quantitative estimate of drug-likeness (QED) is 0.104. The predicted molar refractivity (Wildman–Crippen MR) is 98.8 cm³/mol. The van der Waals surface area contributed by atoms with Crippen LogP contribution in [0.15, 0.2) is 0 Å². The van der Waals surface area contributed by atoms with E-state index in [2.05, 4.69) is 6.92 Å². The van der Waals surface area contributed by atoms with Crippen LogP contribution in [0.4, 0.5) is 22.0 Å². The van der Waals surface area contributed by atoms with Gasteiger partial charge in [-0.2, -0.15) is 0 Å². The van der Waals surface area contributed by atoms with Gasteiger partial charge in [-0.15, -0.1) is 0 Å². The number of unbranched alkanes of at least 4 members (excludes halogenated alkanes) is 4. The molecule has 170 valence electrons. The molecule has 0 aliphatic heterocycles. The zero-order valence-corrected chi connectivity index (χ0v) is 17.4. The van der Waals surface area contributed by atoms with Crippen LogP contribution in [0.3, 0.4) is 0 Å². The van der Waals surface area contributed by atoms with E-state index < -0.39 is 58.6 Å². The van der Waals surface area contributed by atoms with Gasteiger partial charge in [-0.1, -0.05) is 46.5 Å². The minimum atomic E-state index is -2.31. The number of carbonyl (C=O) groups is 2. The van der Waals surface area contributed by atoms with Gasteiger partial charge in [-0.25, -0.2) is 22.0 Å². The number of esters is 2. The van der Waals surface area contributed by atoms with Gasteiger partial charge in [0, 0.05) is 0 Å². The average molecular weight is 438 g/mol. The first-order chi connectivity index (χ1) is 14.2. The molecule has 9 heteroatoms. The van der Waals surface area contributed by atoms with Crippen molar-refractivity contribution in [3.63, 3.8) is 0 Å². The number of benzene rings is 1. The molecule has 0 aromatic heterocycles. The highest BCUT2D eigenvalue weighted by Gasteiger charge is 2.46. The molecule has 0 fully saturated rings. The summed E-state index contributed by atoms with van der Waals surface area (Å²) >= 11 is 0. The minimum absolute atomic E-state index is 0.0197. The Labute approximate surface area is 172 Å². The van der Waals surface area contributed by atoms with Crippen molar-refractivity contribution in [1.29, 1.82) is 0 Å². The van der Waals surface area contributed by atoms with E-state index in [1.54, 1.807) is 0 Å². The van der Waals surface area contributed by atoms with Gasteiger partial charge in [0.1, 0.15) is 6.61 Å². The third kappa shape index (κ3) is 5.70. The van der Waals surface area contributed by atoms with Gasteiger partial charge >= 0.3 is 11.9 Å². The molecule has 1 rings (SSSR count). The monoisotopic (exact) mass is 438 g/mol. The van der Waals surface area contributed by atoms with Crippen molar-refractivity contribution >= 4 is 11.9 Å². The van der Waals surface area contributed by atoms with Crippen molar-refractivity contribution in [3.05, 3.63) is 34.6 Å². The molecule has 0 N–H and O–H groups in total. The molecule has 0 spiro atoms. The third-order valence-corrected chi connectivity index (χ3v) is 5.12. The molecule has 0 radical (unpaired) electrons. The fraction of sp³-hybridized carbons (Fsp3) is 0.619. The highest BCUT2D eigenvalue weighted by molar-refractivity contribution is 6.00. The second-order valence-corrected chi connectivity index (χ2v) is 6.96. The molecule has 30 heavy (non-hydrogen) atoms. The summed E-state index contributed by atoms with van der Waals surface area (Å²) in [4.78, 5) is 25.1. The largest absolute Gasteiger partial charge is 0.465 e. The Morgan fingerprint density at radius 3 is 1.67 bits per heavy atom. The van der Waals surface area contributed by atoms with Gasteiger partial charge in [0.15, 0.2) is 28.7 Å². The first-order valence-electron chi connectivity index (χ1n) is 10.0. The van der Waals surface area contributed by atoms with E-state index in [0.717, 1.165) is 25.7 Å². The van der Waals surface area contributed by atoms with Crippen LogP contribution in [-0.2, 0) is 25.7 Å². The second kappa shape index (κ2) is 11.9. The van der Waals surface area contributed by atoms with Crippen LogP contribution in [-0.4, -0.2) is 18.5 Å². The van der Waals surface area contributed by atoms with Crippen molar-refractivity contribution in [1.82, 2.24) is 0 Å². The first-order valence-corrected chi connectivity index (χ1v) is 10.0. The normalized spacial score (nSPS) is 11.5. The van der Waals surface area contributed by atoms with Crippen molar-refractivity contribution in [3.8, 4) is 0 Å². The van der Waals surface area contributed by atoms with E-state index in [1.807, 2.05) is 0 Å². The van der Waals surface area contributed by atoms with E-state index in [9.17, 15) is 31.5 Å². The molecular formula is C21H27F5O4. The Balaban J connectivity index is 2.86. The van der Waals surface area contributed by atoms with Crippen LogP contribution >= 0.6 is 0 Å². The molecule has 1 aromatic rings. The van der Waals surface area contributed by atoms with Crippen LogP contribution in [0.2, 0.25) is 0 Å². The Bertz CT molecular complexity index is 718. The molecule has 0 aliphatic carbocycles. The second-order valence-electron chi connectivity index (χ2n) is 6.96. The fourth-order valence-electron chi connectivity index (χ4n) is 2.97. The average Bonchev–Trinajstić information content (AvgIpc) is 2.74. The molecule has 4 nitrogen and oxygen atoms in total. The summed E-state index contributed by atoms with van der Waals surface area (Å²) in [5.74, 6) is -12.8. The fourth-order valence-corrected chi connectivity index (χ4v) is 2.97. The molecule has 0 aliphatic rings. The zero-order valence-electron chi connectivity index (χ0n) is 17.4. The Hall–Kier alpha value is -2.19. The van der Waals surface area contributed by atoms with Crippen LogP contribution < -0.4 is 0 Å². The summed E-state index contributed by atoms with van der Waals surface area (Å²) in [6.07, 6.45) is 4.55. The van der Waals surface area contributed by atoms with Gasteiger partial charge < -0.3 is 9.47 Å². The number of hydrogen-bond donors (Lipinski definition) is 0. The van der Waals surface area contributed by atoms with Crippen LogP contribution in [0.25, 0.3) is 0 Å². The standard InChI is InChI=1S/C21H27F5O4/c1-4-7-8-9-10-11-29-19(27)21(5-2,6-3)20(28)30-12-13-14(22)16(24)18(26)17(25)15(13)23/h4-12H2,1-3H3. The van der Waals surface area contributed by atoms with Crippen molar-refractivity contribution in [2.24, 2.45) is 5.41 Å². The summed E-state index contributed by atoms with van der Waals surface area (Å²) in [5.41, 5.74) is -3.02. The predicted octanol–water partition coefficient (Wildman–Crippen LogP) is 5.75. The molecule has 0 heterocycles. The highest BCUT2D eigenvalue weighted by atomic mass is 19.2. The molecule has 0 atom stereocenters. The zero-order chi connectivity index (χ0) is 22.9. The van der Waals surface area contributed by atoms with Crippen molar-refractivity contribution < 1.29 is 41.0 Å².